The van der Waals surface area contributed by atoms with Gasteiger partial charge in [-0.25, -0.2) is 0 Å². The van der Waals surface area contributed by atoms with E-state index in [1.807, 2.05) is 32.0 Å². The van der Waals surface area contributed by atoms with Crippen LogP contribution < -0.4 is 15.4 Å². The summed E-state index contributed by atoms with van der Waals surface area (Å²) in [6.07, 6.45) is 0.192. The average Bonchev–Trinajstić information content (AvgIpc) is 2.35. The summed E-state index contributed by atoms with van der Waals surface area (Å²) in [6, 6.07) is 8.09. The van der Waals surface area contributed by atoms with Crippen LogP contribution >= 0.6 is 0 Å². The van der Waals surface area contributed by atoms with Crippen LogP contribution in [0.1, 0.15) is 19.4 Å². The van der Waals surface area contributed by atoms with Crippen molar-refractivity contribution in [2.45, 2.75) is 26.5 Å². The summed E-state index contributed by atoms with van der Waals surface area (Å²) in [7, 11) is 0. The van der Waals surface area contributed by atoms with Gasteiger partial charge in [-0.1, -0.05) is 18.2 Å². The molecule has 0 spiro atoms. The second-order valence-electron chi connectivity index (χ2n) is 4.42. The van der Waals surface area contributed by atoms with Crippen LogP contribution in [0.3, 0.4) is 0 Å². The summed E-state index contributed by atoms with van der Waals surface area (Å²) in [6.45, 7) is 7.42. The van der Waals surface area contributed by atoms with E-state index in [0.29, 0.717) is 6.54 Å². The van der Waals surface area contributed by atoms with E-state index in [2.05, 4.69) is 16.7 Å². The zero-order chi connectivity index (χ0) is 13.2. The predicted molar refractivity (Wildman–Crippen MR) is 73.9 cm³/mol. The molecule has 0 heterocycles. The normalized spacial score (nSPS) is 10.9. The Morgan fingerprint density at radius 2 is 1.83 bits per heavy atom. The van der Waals surface area contributed by atoms with Crippen LogP contribution in [0.5, 0.6) is 5.75 Å². The minimum absolute atomic E-state index is 0.186. The zero-order valence-electron chi connectivity index (χ0n) is 11.3. The number of nitrogens with one attached hydrogen (secondary N) is 2. The number of hydrogen-bond donors (Lipinski definition) is 3. The van der Waals surface area contributed by atoms with Crippen LogP contribution in [0.25, 0.3) is 0 Å². The highest BCUT2D eigenvalue weighted by Gasteiger charge is 2.03. The summed E-state index contributed by atoms with van der Waals surface area (Å²) in [5.74, 6) is 0.948. The van der Waals surface area contributed by atoms with Crippen molar-refractivity contribution in [2.75, 3.05) is 26.2 Å². The summed E-state index contributed by atoms with van der Waals surface area (Å²) in [4.78, 5) is 0. The Labute approximate surface area is 109 Å². The smallest absolute Gasteiger partial charge is 0.124 e. The third-order valence-corrected chi connectivity index (χ3v) is 2.42. The van der Waals surface area contributed by atoms with Gasteiger partial charge < -0.3 is 20.5 Å². The molecular formula is C14H24N2O2. The second-order valence-corrected chi connectivity index (χ2v) is 4.42. The Morgan fingerprint density at radius 1 is 1.11 bits per heavy atom. The number of para-hydroxylation sites is 1. The Hall–Kier alpha value is -1.10. The summed E-state index contributed by atoms with van der Waals surface area (Å²) in [5.41, 5.74) is 1.17. The highest BCUT2D eigenvalue weighted by Crippen LogP contribution is 2.18. The highest BCUT2D eigenvalue weighted by molar-refractivity contribution is 5.33. The maximum Gasteiger partial charge on any atom is 0.124 e. The van der Waals surface area contributed by atoms with Gasteiger partial charge in [0.25, 0.3) is 0 Å². The standard InChI is InChI=1S/C14H24N2O2/c1-12(2)18-14-6-4-3-5-13(14)11-16-8-7-15-9-10-17/h3-6,12,15-17H,7-11H2,1-2H3. The largest absolute Gasteiger partial charge is 0.491 e. The average molecular weight is 252 g/mol. The van der Waals surface area contributed by atoms with E-state index >= 15 is 0 Å². The van der Waals surface area contributed by atoms with Gasteiger partial charge in [-0.3, -0.25) is 0 Å². The molecular weight excluding hydrogens is 228 g/mol. The Kier molecular flexibility index (Phi) is 7.41. The fourth-order valence-electron chi connectivity index (χ4n) is 1.62. The molecule has 0 aliphatic carbocycles. The van der Waals surface area contributed by atoms with Crippen molar-refractivity contribution in [1.29, 1.82) is 0 Å². The van der Waals surface area contributed by atoms with Gasteiger partial charge in [0.15, 0.2) is 0 Å². The van der Waals surface area contributed by atoms with Gasteiger partial charge in [0.2, 0.25) is 0 Å². The number of benzene rings is 1. The van der Waals surface area contributed by atoms with E-state index in [1.165, 1.54) is 5.56 Å². The predicted octanol–water partition coefficient (Wildman–Crippen LogP) is 1.15. The first-order chi connectivity index (χ1) is 8.74. The molecule has 1 aromatic rings. The maximum absolute atomic E-state index is 8.62. The number of hydrogen-bond acceptors (Lipinski definition) is 4. The van der Waals surface area contributed by atoms with Crippen molar-refractivity contribution in [3.63, 3.8) is 0 Å². The molecule has 4 heteroatoms. The molecule has 0 saturated heterocycles. The lowest BCUT2D eigenvalue weighted by atomic mass is 10.2. The number of aliphatic hydroxyl groups excluding tert-OH is 1. The molecule has 0 bridgehead atoms. The van der Waals surface area contributed by atoms with E-state index < -0.39 is 0 Å². The van der Waals surface area contributed by atoms with E-state index in [1.54, 1.807) is 0 Å². The van der Waals surface area contributed by atoms with Crippen molar-refractivity contribution in [3.05, 3.63) is 29.8 Å². The molecule has 0 aromatic heterocycles. The molecule has 0 aliphatic heterocycles. The lowest BCUT2D eigenvalue weighted by Crippen LogP contribution is -2.29. The molecule has 0 aliphatic rings. The molecule has 0 radical (unpaired) electrons. The molecule has 0 fully saturated rings. The number of rotatable bonds is 9. The molecule has 1 aromatic carbocycles. The van der Waals surface area contributed by atoms with Crippen LogP contribution in [-0.4, -0.2) is 37.5 Å². The van der Waals surface area contributed by atoms with Gasteiger partial charge in [-0.15, -0.1) is 0 Å². The van der Waals surface area contributed by atoms with Crippen molar-refractivity contribution in [3.8, 4) is 5.75 Å². The van der Waals surface area contributed by atoms with Crippen LogP contribution in [0, 0.1) is 0 Å². The molecule has 4 nitrogen and oxygen atoms in total. The van der Waals surface area contributed by atoms with Gasteiger partial charge in [-0.2, -0.15) is 0 Å². The van der Waals surface area contributed by atoms with Crippen molar-refractivity contribution < 1.29 is 9.84 Å². The van der Waals surface area contributed by atoms with Crippen LogP contribution in [-0.2, 0) is 6.54 Å². The van der Waals surface area contributed by atoms with Crippen LogP contribution in [0.4, 0.5) is 0 Å². The van der Waals surface area contributed by atoms with Crippen molar-refractivity contribution in [2.24, 2.45) is 0 Å². The molecule has 102 valence electrons. The molecule has 3 N–H and O–H groups in total. The molecule has 0 atom stereocenters. The van der Waals surface area contributed by atoms with E-state index in [9.17, 15) is 0 Å². The first-order valence-electron chi connectivity index (χ1n) is 6.51. The van der Waals surface area contributed by atoms with E-state index in [0.717, 1.165) is 25.4 Å². The number of aliphatic hydroxyl groups is 1. The van der Waals surface area contributed by atoms with Crippen molar-refractivity contribution in [1.82, 2.24) is 10.6 Å². The van der Waals surface area contributed by atoms with Gasteiger partial charge in [0.1, 0.15) is 5.75 Å². The van der Waals surface area contributed by atoms with Gasteiger partial charge in [0, 0.05) is 31.7 Å². The summed E-state index contributed by atoms with van der Waals surface area (Å²) < 4.78 is 5.75. The first-order valence-corrected chi connectivity index (χ1v) is 6.51. The van der Waals surface area contributed by atoms with Gasteiger partial charge in [-0.05, 0) is 19.9 Å². The van der Waals surface area contributed by atoms with Gasteiger partial charge in [0.05, 0.1) is 12.7 Å². The minimum atomic E-state index is 0.186. The maximum atomic E-state index is 8.62. The minimum Gasteiger partial charge on any atom is -0.491 e. The monoisotopic (exact) mass is 252 g/mol. The summed E-state index contributed by atoms with van der Waals surface area (Å²) >= 11 is 0. The SMILES string of the molecule is CC(C)Oc1ccccc1CNCCNCCO. The van der Waals surface area contributed by atoms with Crippen LogP contribution in [0.15, 0.2) is 24.3 Å². The third kappa shape index (κ3) is 6.00. The molecule has 1 rings (SSSR count). The quantitative estimate of drug-likeness (QED) is 0.577. The highest BCUT2D eigenvalue weighted by atomic mass is 16.5. The number of ether oxygens (including phenoxy) is 1. The zero-order valence-corrected chi connectivity index (χ0v) is 11.3. The summed E-state index contributed by atoms with van der Waals surface area (Å²) in [5, 5.41) is 15.1. The van der Waals surface area contributed by atoms with E-state index in [-0.39, 0.29) is 12.7 Å². The molecule has 18 heavy (non-hydrogen) atoms. The Bertz CT molecular complexity index is 329. The third-order valence-electron chi connectivity index (χ3n) is 2.42. The first kappa shape index (κ1) is 15.0. The molecule has 0 unspecified atom stereocenters. The fourth-order valence-corrected chi connectivity index (χ4v) is 1.62. The Morgan fingerprint density at radius 3 is 2.56 bits per heavy atom. The van der Waals surface area contributed by atoms with Crippen molar-refractivity contribution >= 4 is 0 Å². The fraction of sp³-hybridized carbons (Fsp3) is 0.571. The Balaban J connectivity index is 2.32. The molecule has 0 amide bonds. The lowest BCUT2D eigenvalue weighted by Gasteiger charge is -2.14. The van der Waals surface area contributed by atoms with Gasteiger partial charge >= 0.3 is 0 Å². The van der Waals surface area contributed by atoms with Crippen LogP contribution in [0.2, 0.25) is 0 Å². The second kappa shape index (κ2) is 8.91. The van der Waals surface area contributed by atoms with E-state index in [4.69, 9.17) is 9.84 Å². The topological polar surface area (TPSA) is 53.5 Å². The molecule has 0 saturated carbocycles. The lowest BCUT2D eigenvalue weighted by molar-refractivity contribution is 0.239.